The molecule has 32 heavy (non-hydrogen) atoms. The number of thioether (sulfide) groups is 1. The van der Waals surface area contributed by atoms with Gasteiger partial charge in [-0.3, -0.25) is 9.69 Å². The van der Waals surface area contributed by atoms with Crippen molar-refractivity contribution in [3.63, 3.8) is 0 Å². The number of carbonyl (C=O) groups is 1. The number of hydrogen-bond donors (Lipinski definition) is 0. The highest BCUT2D eigenvalue weighted by atomic mass is 32.2. The maximum Gasteiger partial charge on any atom is 0.233 e. The van der Waals surface area contributed by atoms with Gasteiger partial charge in [-0.25, -0.2) is 0 Å². The molecule has 1 saturated carbocycles. The zero-order chi connectivity index (χ0) is 22.5. The summed E-state index contributed by atoms with van der Waals surface area (Å²) in [6, 6.07) is 11.1. The number of likely N-dealkylation sites (tertiary alicyclic amines) is 1. The summed E-state index contributed by atoms with van der Waals surface area (Å²) in [5, 5.41) is 9.97. The van der Waals surface area contributed by atoms with Crippen LogP contribution in [0.15, 0.2) is 35.5 Å². The molecule has 174 valence electrons. The standard InChI is InChI=1S/C25H37N5OS/c1-4-21(28(2)3)24-26-27-25(30(24)17-19-11-6-5-7-12-19)32-18-23(31)29-16-10-14-20-13-8-9-15-22(20)29/h5-7,11-12,20-22H,4,8-10,13-18H2,1-3H3/t20-,21+,22-/m0/s1. The average molecular weight is 456 g/mol. The molecule has 1 aliphatic heterocycles. The first kappa shape index (κ1) is 23.3. The molecular formula is C25H37N5OS. The molecule has 0 N–H and O–H groups in total. The van der Waals surface area contributed by atoms with Crippen LogP contribution >= 0.6 is 11.8 Å². The average Bonchev–Trinajstić information content (AvgIpc) is 3.20. The summed E-state index contributed by atoms with van der Waals surface area (Å²) < 4.78 is 2.21. The molecule has 1 aliphatic carbocycles. The summed E-state index contributed by atoms with van der Waals surface area (Å²) >= 11 is 1.55. The zero-order valence-electron chi connectivity index (χ0n) is 19.7. The van der Waals surface area contributed by atoms with Crippen LogP contribution < -0.4 is 0 Å². The molecule has 0 spiro atoms. The molecule has 2 heterocycles. The minimum Gasteiger partial charge on any atom is -0.339 e. The highest BCUT2D eigenvalue weighted by molar-refractivity contribution is 7.99. The van der Waals surface area contributed by atoms with Gasteiger partial charge in [0.2, 0.25) is 5.91 Å². The second kappa shape index (κ2) is 10.8. The van der Waals surface area contributed by atoms with Crippen LogP contribution in [-0.4, -0.2) is 62.9 Å². The van der Waals surface area contributed by atoms with Crippen molar-refractivity contribution < 1.29 is 4.79 Å². The Balaban J connectivity index is 1.51. The van der Waals surface area contributed by atoms with Gasteiger partial charge >= 0.3 is 0 Å². The molecule has 2 aromatic rings. The highest BCUT2D eigenvalue weighted by Gasteiger charge is 2.35. The number of benzene rings is 1. The fourth-order valence-corrected chi connectivity index (χ4v) is 6.32. The summed E-state index contributed by atoms with van der Waals surface area (Å²) in [6.45, 7) is 3.82. The maximum atomic E-state index is 13.2. The molecule has 7 heteroatoms. The summed E-state index contributed by atoms with van der Waals surface area (Å²) in [5.74, 6) is 2.39. The third-order valence-corrected chi connectivity index (χ3v) is 8.08. The van der Waals surface area contributed by atoms with Crippen LogP contribution in [-0.2, 0) is 11.3 Å². The first-order chi connectivity index (χ1) is 15.6. The summed E-state index contributed by atoms with van der Waals surface area (Å²) in [6.07, 6.45) is 8.45. The first-order valence-corrected chi connectivity index (χ1v) is 13.1. The van der Waals surface area contributed by atoms with Gasteiger partial charge in [-0.1, -0.05) is 61.9 Å². The Bertz CT molecular complexity index is 882. The third kappa shape index (κ3) is 5.20. The number of amides is 1. The van der Waals surface area contributed by atoms with E-state index in [1.54, 1.807) is 11.8 Å². The molecular weight excluding hydrogens is 418 g/mol. The number of aromatic nitrogens is 3. The fraction of sp³-hybridized carbons (Fsp3) is 0.640. The zero-order valence-corrected chi connectivity index (χ0v) is 20.6. The van der Waals surface area contributed by atoms with Gasteiger partial charge < -0.3 is 9.47 Å². The highest BCUT2D eigenvalue weighted by Crippen LogP contribution is 2.36. The molecule has 6 nitrogen and oxygen atoms in total. The molecule has 1 aromatic carbocycles. The lowest BCUT2D eigenvalue weighted by Gasteiger charge is -2.44. The molecule has 1 amide bonds. The minimum atomic E-state index is 0.196. The van der Waals surface area contributed by atoms with E-state index < -0.39 is 0 Å². The van der Waals surface area contributed by atoms with E-state index in [1.165, 1.54) is 37.7 Å². The Labute approximate surface area is 196 Å². The smallest absolute Gasteiger partial charge is 0.233 e. The summed E-state index contributed by atoms with van der Waals surface area (Å²) in [7, 11) is 4.17. The van der Waals surface area contributed by atoms with Crippen molar-refractivity contribution in [3.8, 4) is 0 Å². The lowest BCUT2D eigenvalue weighted by molar-refractivity contribution is -0.134. The normalized spacial score (nSPS) is 22.1. The van der Waals surface area contributed by atoms with Gasteiger partial charge in [0.25, 0.3) is 0 Å². The molecule has 0 radical (unpaired) electrons. The van der Waals surface area contributed by atoms with Crippen molar-refractivity contribution in [1.29, 1.82) is 0 Å². The Morgan fingerprint density at radius 2 is 1.88 bits per heavy atom. The van der Waals surface area contributed by atoms with E-state index in [4.69, 9.17) is 0 Å². The predicted molar refractivity (Wildman–Crippen MR) is 130 cm³/mol. The molecule has 1 saturated heterocycles. The third-order valence-electron chi connectivity index (χ3n) is 7.13. The Morgan fingerprint density at radius 1 is 1.12 bits per heavy atom. The lowest BCUT2D eigenvalue weighted by Crippen LogP contribution is -2.50. The van der Waals surface area contributed by atoms with Crippen LogP contribution in [0.5, 0.6) is 0 Å². The van der Waals surface area contributed by atoms with Crippen LogP contribution in [0.4, 0.5) is 0 Å². The van der Waals surface area contributed by atoms with Crippen molar-refractivity contribution in [3.05, 3.63) is 41.7 Å². The van der Waals surface area contributed by atoms with Gasteiger partial charge in [-0.2, -0.15) is 0 Å². The van der Waals surface area contributed by atoms with Crippen LogP contribution in [0, 0.1) is 5.92 Å². The fourth-order valence-electron chi connectivity index (χ4n) is 5.49. The van der Waals surface area contributed by atoms with Crippen molar-refractivity contribution in [2.75, 3.05) is 26.4 Å². The van der Waals surface area contributed by atoms with Crippen LogP contribution in [0.2, 0.25) is 0 Å². The number of nitrogens with zero attached hydrogens (tertiary/aromatic N) is 5. The molecule has 0 unspecified atom stereocenters. The van der Waals surface area contributed by atoms with E-state index in [-0.39, 0.29) is 11.9 Å². The SMILES string of the molecule is CC[C@H](c1nnc(SCC(=O)N2CCC[C@@H]3CCCC[C@@H]32)n1Cc1ccccc1)N(C)C. The van der Waals surface area contributed by atoms with Gasteiger partial charge in [0, 0.05) is 12.6 Å². The van der Waals surface area contributed by atoms with E-state index in [0.717, 1.165) is 36.9 Å². The van der Waals surface area contributed by atoms with Crippen LogP contribution in [0.3, 0.4) is 0 Å². The lowest BCUT2D eigenvalue weighted by atomic mass is 9.78. The second-order valence-corrected chi connectivity index (χ2v) is 10.4. The Hall–Kier alpha value is -1.86. The number of hydrogen-bond acceptors (Lipinski definition) is 5. The molecule has 2 fully saturated rings. The predicted octanol–water partition coefficient (Wildman–Crippen LogP) is 4.61. The van der Waals surface area contributed by atoms with E-state index >= 15 is 0 Å². The van der Waals surface area contributed by atoms with Crippen molar-refractivity contribution in [1.82, 2.24) is 24.6 Å². The maximum absolute atomic E-state index is 13.2. The number of carbonyl (C=O) groups excluding carboxylic acids is 1. The Morgan fingerprint density at radius 3 is 2.62 bits per heavy atom. The van der Waals surface area contributed by atoms with Gasteiger partial charge in [-0.15, -0.1) is 10.2 Å². The topological polar surface area (TPSA) is 54.3 Å². The van der Waals surface area contributed by atoms with E-state index in [9.17, 15) is 4.79 Å². The largest absolute Gasteiger partial charge is 0.339 e. The number of rotatable bonds is 8. The molecule has 4 rings (SSSR count). The van der Waals surface area contributed by atoms with E-state index in [1.807, 2.05) is 6.07 Å². The summed E-state index contributed by atoms with van der Waals surface area (Å²) in [5.41, 5.74) is 1.22. The molecule has 1 aromatic heterocycles. The van der Waals surface area contributed by atoms with Crippen molar-refractivity contribution in [2.45, 2.75) is 75.7 Å². The van der Waals surface area contributed by atoms with Crippen LogP contribution in [0.25, 0.3) is 0 Å². The van der Waals surface area contributed by atoms with Gasteiger partial charge in [-0.05, 0) is 57.7 Å². The minimum absolute atomic E-state index is 0.196. The second-order valence-electron chi connectivity index (χ2n) is 9.43. The monoisotopic (exact) mass is 455 g/mol. The van der Waals surface area contributed by atoms with E-state index in [0.29, 0.717) is 17.7 Å². The first-order valence-electron chi connectivity index (χ1n) is 12.1. The van der Waals surface area contributed by atoms with Gasteiger partial charge in [0.05, 0.1) is 18.3 Å². The summed E-state index contributed by atoms with van der Waals surface area (Å²) in [4.78, 5) is 17.6. The molecule has 2 aliphatic rings. The molecule has 0 bridgehead atoms. The Kier molecular flexibility index (Phi) is 7.89. The van der Waals surface area contributed by atoms with Gasteiger partial charge in [0.1, 0.15) is 0 Å². The van der Waals surface area contributed by atoms with Crippen molar-refractivity contribution >= 4 is 17.7 Å². The number of piperidine rings is 1. The number of fused-ring (bicyclic) bond motifs is 1. The van der Waals surface area contributed by atoms with Gasteiger partial charge in [0.15, 0.2) is 11.0 Å². The van der Waals surface area contributed by atoms with Crippen LogP contribution in [0.1, 0.15) is 69.3 Å². The molecule has 3 atom stereocenters. The van der Waals surface area contributed by atoms with Crippen molar-refractivity contribution in [2.24, 2.45) is 5.92 Å². The van der Waals surface area contributed by atoms with E-state index in [2.05, 4.69) is 69.8 Å². The quantitative estimate of drug-likeness (QED) is 0.544.